The van der Waals surface area contributed by atoms with Gasteiger partial charge in [-0.25, -0.2) is 9.97 Å². The fourth-order valence-electron chi connectivity index (χ4n) is 3.47. The van der Waals surface area contributed by atoms with Crippen molar-refractivity contribution in [2.75, 3.05) is 4.90 Å². The topological polar surface area (TPSA) is 71.9 Å². The van der Waals surface area contributed by atoms with Crippen LogP contribution in [-0.4, -0.2) is 25.8 Å². The lowest BCUT2D eigenvalue weighted by Crippen LogP contribution is -2.31. The Morgan fingerprint density at radius 2 is 1.77 bits per heavy atom. The fourth-order valence-corrected chi connectivity index (χ4v) is 4.48. The minimum atomic E-state index is -0.249. The van der Waals surface area contributed by atoms with Gasteiger partial charge in [-0.1, -0.05) is 48.6 Å². The molecule has 6 nitrogen and oxygen atoms in total. The normalized spacial score (nSPS) is 11.1. The number of fused-ring (bicyclic) bond motifs is 2. The van der Waals surface area contributed by atoms with Crippen LogP contribution in [0.1, 0.15) is 28.7 Å². The molecule has 0 saturated carbocycles. The maximum absolute atomic E-state index is 13.6. The zero-order chi connectivity index (χ0) is 21.2. The molecule has 0 radical (unpaired) electrons. The average Bonchev–Trinajstić information content (AvgIpc) is 3.26. The number of carbonyl (C=O) groups is 1. The first-order chi connectivity index (χ1) is 15.2. The number of para-hydroxylation sites is 3. The smallest absolute Gasteiger partial charge is 0.276 e. The highest BCUT2D eigenvalue weighted by Crippen LogP contribution is 2.32. The molecule has 152 valence electrons. The van der Waals surface area contributed by atoms with E-state index in [0.717, 1.165) is 33.4 Å². The Morgan fingerprint density at radius 3 is 2.58 bits per heavy atom. The lowest BCUT2D eigenvalue weighted by molar-refractivity contribution is 0.0980. The van der Waals surface area contributed by atoms with Crippen molar-refractivity contribution in [1.29, 1.82) is 0 Å². The predicted molar refractivity (Wildman–Crippen MR) is 123 cm³/mol. The van der Waals surface area contributed by atoms with Crippen molar-refractivity contribution < 1.29 is 4.79 Å². The Kier molecular flexibility index (Phi) is 5.09. The summed E-state index contributed by atoms with van der Waals surface area (Å²) in [5, 5.41) is 0.626. The third-order valence-electron chi connectivity index (χ3n) is 5.06. The van der Waals surface area contributed by atoms with Crippen LogP contribution in [0.4, 0.5) is 5.13 Å². The molecule has 0 aliphatic heterocycles. The van der Waals surface area contributed by atoms with E-state index >= 15 is 0 Å². The molecule has 0 atom stereocenters. The van der Waals surface area contributed by atoms with E-state index in [4.69, 9.17) is 4.98 Å². The minimum Gasteiger partial charge on any atom is -0.276 e. The molecular weight excluding hydrogens is 406 g/mol. The standard InChI is InChI=1S/C24H19N5OS/c1-2-16-8-7-12-21-22(16)28-24(31-21)29(15-17-9-5-6-13-25-17)23(30)20-14-26-18-10-3-4-11-19(18)27-20/h3-14H,2,15H2,1H3. The third-order valence-corrected chi connectivity index (χ3v) is 6.11. The SMILES string of the molecule is CCc1cccc2sc(N(Cc3ccccn3)C(=O)c3cnc4ccccc4n3)nc12. The van der Waals surface area contributed by atoms with Gasteiger partial charge in [0.15, 0.2) is 5.13 Å². The first-order valence-electron chi connectivity index (χ1n) is 10.0. The minimum absolute atomic E-state index is 0.249. The Balaban J connectivity index is 1.60. The highest BCUT2D eigenvalue weighted by atomic mass is 32.1. The van der Waals surface area contributed by atoms with Crippen LogP contribution >= 0.6 is 11.3 Å². The van der Waals surface area contributed by atoms with Gasteiger partial charge in [0.1, 0.15) is 5.69 Å². The van der Waals surface area contributed by atoms with Crippen molar-refractivity contribution in [3.8, 4) is 0 Å². The summed E-state index contributed by atoms with van der Waals surface area (Å²) >= 11 is 1.50. The monoisotopic (exact) mass is 425 g/mol. The van der Waals surface area contributed by atoms with E-state index in [-0.39, 0.29) is 11.6 Å². The summed E-state index contributed by atoms with van der Waals surface area (Å²) < 4.78 is 1.05. The molecule has 0 unspecified atom stereocenters. The molecular formula is C24H19N5OS. The third kappa shape index (κ3) is 3.75. The summed E-state index contributed by atoms with van der Waals surface area (Å²) in [5.74, 6) is -0.249. The summed E-state index contributed by atoms with van der Waals surface area (Å²) in [4.78, 5) is 33.4. The first kappa shape index (κ1) is 19.3. The number of nitrogens with zero attached hydrogens (tertiary/aromatic N) is 5. The van der Waals surface area contributed by atoms with Crippen molar-refractivity contribution in [3.63, 3.8) is 0 Å². The number of carbonyl (C=O) groups excluding carboxylic acids is 1. The van der Waals surface area contributed by atoms with Gasteiger partial charge in [0.2, 0.25) is 0 Å². The van der Waals surface area contributed by atoms with Gasteiger partial charge in [0.25, 0.3) is 5.91 Å². The zero-order valence-electron chi connectivity index (χ0n) is 16.9. The number of hydrogen-bond acceptors (Lipinski definition) is 6. The van der Waals surface area contributed by atoms with Crippen molar-refractivity contribution in [1.82, 2.24) is 19.9 Å². The molecule has 3 heterocycles. The van der Waals surface area contributed by atoms with E-state index in [0.29, 0.717) is 17.2 Å². The van der Waals surface area contributed by atoms with Crippen LogP contribution < -0.4 is 4.90 Å². The van der Waals surface area contributed by atoms with Gasteiger partial charge in [0.05, 0.1) is 39.7 Å². The second-order valence-corrected chi connectivity index (χ2v) is 8.08. The number of pyridine rings is 1. The average molecular weight is 426 g/mol. The number of amides is 1. The molecule has 2 aromatic carbocycles. The summed E-state index contributed by atoms with van der Waals surface area (Å²) in [6.45, 7) is 2.41. The molecule has 5 aromatic rings. The predicted octanol–water partition coefficient (Wildman–Crippen LogP) is 5.04. The Morgan fingerprint density at radius 1 is 0.935 bits per heavy atom. The van der Waals surface area contributed by atoms with Crippen LogP contribution in [0.5, 0.6) is 0 Å². The van der Waals surface area contributed by atoms with Crippen molar-refractivity contribution in [2.45, 2.75) is 19.9 Å². The number of benzene rings is 2. The zero-order valence-corrected chi connectivity index (χ0v) is 17.7. The highest BCUT2D eigenvalue weighted by molar-refractivity contribution is 7.22. The molecule has 0 aliphatic rings. The molecule has 0 fully saturated rings. The van der Waals surface area contributed by atoms with Crippen molar-refractivity contribution in [3.05, 3.63) is 90.0 Å². The molecule has 31 heavy (non-hydrogen) atoms. The van der Waals surface area contributed by atoms with Crippen LogP contribution in [0.2, 0.25) is 0 Å². The summed E-state index contributed by atoms with van der Waals surface area (Å²) in [6, 6.07) is 19.3. The molecule has 5 rings (SSSR count). The van der Waals surface area contributed by atoms with E-state index in [9.17, 15) is 4.79 Å². The van der Waals surface area contributed by atoms with Crippen LogP contribution in [0.15, 0.2) is 73.1 Å². The maximum atomic E-state index is 13.6. The van der Waals surface area contributed by atoms with E-state index in [1.165, 1.54) is 17.5 Å². The largest absolute Gasteiger partial charge is 0.280 e. The molecule has 0 bridgehead atoms. The molecule has 0 spiro atoms. The lowest BCUT2D eigenvalue weighted by Gasteiger charge is -2.19. The van der Waals surface area contributed by atoms with E-state index in [1.807, 2.05) is 54.6 Å². The Bertz CT molecular complexity index is 1380. The van der Waals surface area contributed by atoms with Gasteiger partial charge in [-0.2, -0.15) is 0 Å². The summed E-state index contributed by atoms with van der Waals surface area (Å²) in [7, 11) is 0. The maximum Gasteiger partial charge on any atom is 0.280 e. The molecule has 1 amide bonds. The van der Waals surface area contributed by atoms with Crippen LogP contribution in [0.25, 0.3) is 21.3 Å². The Hall–Kier alpha value is -3.71. The summed E-state index contributed by atoms with van der Waals surface area (Å²) in [6.07, 6.45) is 4.13. The molecule has 7 heteroatoms. The van der Waals surface area contributed by atoms with E-state index in [2.05, 4.69) is 27.9 Å². The molecule has 0 saturated heterocycles. The number of anilines is 1. The first-order valence-corrected chi connectivity index (χ1v) is 10.9. The van der Waals surface area contributed by atoms with Gasteiger partial charge in [-0.15, -0.1) is 0 Å². The highest BCUT2D eigenvalue weighted by Gasteiger charge is 2.24. The second-order valence-electron chi connectivity index (χ2n) is 7.07. The fraction of sp³-hybridized carbons (Fsp3) is 0.125. The van der Waals surface area contributed by atoms with Gasteiger partial charge in [-0.05, 0) is 42.3 Å². The van der Waals surface area contributed by atoms with Gasteiger partial charge in [0, 0.05) is 6.20 Å². The van der Waals surface area contributed by atoms with E-state index < -0.39 is 0 Å². The van der Waals surface area contributed by atoms with Gasteiger partial charge in [-0.3, -0.25) is 19.7 Å². The molecule has 0 aliphatic carbocycles. The number of hydrogen-bond donors (Lipinski definition) is 0. The van der Waals surface area contributed by atoms with Crippen LogP contribution in [-0.2, 0) is 13.0 Å². The summed E-state index contributed by atoms with van der Waals surface area (Å²) in [5.41, 5.74) is 4.60. The number of rotatable bonds is 5. The molecule has 0 N–H and O–H groups in total. The molecule has 3 aromatic heterocycles. The number of thiazole rings is 1. The van der Waals surface area contributed by atoms with Gasteiger partial charge >= 0.3 is 0 Å². The lowest BCUT2D eigenvalue weighted by atomic mass is 10.1. The number of aryl methyl sites for hydroxylation is 1. The quantitative estimate of drug-likeness (QED) is 0.394. The van der Waals surface area contributed by atoms with Gasteiger partial charge < -0.3 is 0 Å². The van der Waals surface area contributed by atoms with E-state index in [1.54, 1.807) is 11.1 Å². The Labute approximate surface area is 183 Å². The number of aromatic nitrogens is 4. The van der Waals surface area contributed by atoms with Crippen LogP contribution in [0, 0.1) is 0 Å². The van der Waals surface area contributed by atoms with Crippen LogP contribution in [0.3, 0.4) is 0 Å². The second kappa shape index (κ2) is 8.20. The van der Waals surface area contributed by atoms with Crippen molar-refractivity contribution in [2.24, 2.45) is 0 Å². The van der Waals surface area contributed by atoms with Crippen molar-refractivity contribution >= 4 is 43.6 Å².